The van der Waals surface area contributed by atoms with E-state index in [0.717, 1.165) is 50.5 Å². The molecular weight excluding hydrogens is 588 g/mol. The van der Waals surface area contributed by atoms with Gasteiger partial charge in [0.05, 0.1) is 0 Å². The molecule has 46 heavy (non-hydrogen) atoms. The Hall–Kier alpha value is -4.94. The van der Waals surface area contributed by atoms with Gasteiger partial charge in [-0.15, -0.1) is 0 Å². The summed E-state index contributed by atoms with van der Waals surface area (Å²) < 4.78 is 11.9. The third-order valence-corrected chi connectivity index (χ3v) is 8.18. The molecule has 3 amide bonds. The Labute approximate surface area is 268 Å². The number of hydrogen-bond acceptors (Lipinski definition) is 8. The van der Waals surface area contributed by atoms with Gasteiger partial charge in [0.15, 0.2) is 0 Å². The maximum absolute atomic E-state index is 12.9. The van der Waals surface area contributed by atoms with Gasteiger partial charge in [-0.3, -0.25) is 19.4 Å². The van der Waals surface area contributed by atoms with Gasteiger partial charge in [0.25, 0.3) is 5.91 Å². The molecule has 0 atom stereocenters. The number of piperazine rings is 1. The van der Waals surface area contributed by atoms with Crippen LogP contribution in [0.2, 0.25) is 0 Å². The second-order valence-corrected chi connectivity index (χ2v) is 11.3. The molecule has 5 rings (SSSR count). The first-order valence-corrected chi connectivity index (χ1v) is 15.5. The number of ether oxygens (including phenoxy) is 2. The minimum atomic E-state index is -0.999. The van der Waals surface area contributed by atoms with E-state index in [2.05, 4.69) is 15.1 Å². The molecule has 0 radical (unpaired) electrons. The maximum Gasteiger partial charge on any atom is 0.404 e. The summed E-state index contributed by atoms with van der Waals surface area (Å²) in [5, 5.41) is 11.1. The molecule has 2 aromatic carbocycles. The lowest BCUT2D eigenvalue weighted by molar-refractivity contribution is -0.127. The lowest BCUT2D eigenvalue weighted by Crippen LogP contribution is -2.48. The average molecular weight is 629 g/mol. The zero-order valence-electron chi connectivity index (χ0n) is 25.7. The van der Waals surface area contributed by atoms with Gasteiger partial charge < -0.3 is 30.5 Å². The predicted octanol–water partition coefficient (Wildman–Crippen LogP) is 3.91. The molecule has 2 fully saturated rings. The van der Waals surface area contributed by atoms with Gasteiger partial charge in [-0.25, -0.2) is 9.78 Å². The molecule has 2 aliphatic heterocycles. The molecule has 0 aliphatic carbocycles. The number of carbonyl (C=O) groups excluding carboxylic acids is 2. The van der Waals surface area contributed by atoms with Crippen LogP contribution in [0.4, 0.5) is 4.79 Å². The first-order valence-electron chi connectivity index (χ1n) is 15.5. The number of piperidine rings is 1. The highest BCUT2D eigenvalue weighted by molar-refractivity contribution is 5.95. The molecule has 2 aliphatic rings. The molecule has 3 aromatic rings. The van der Waals surface area contributed by atoms with Gasteiger partial charge in [-0.05, 0) is 61.4 Å². The average Bonchev–Trinajstić information content (AvgIpc) is 3.06. The highest BCUT2D eigenvalue weighted by atomic mass is 16.5. The highest BCUT2D eigenvalue weighted by Gasteiger charge is 2.25. The third-order valence-electron chi connectivity index (χ3n) is 8.18. The van der Waals surface area contributed by atoms with E-state index in [-0.39, 0.29) is 23.3 Å². The van der Waals surface area contributed by atoms with Crippen LogP contribution in [0.5, 0.6) is 23.1 Å². The summed E-state index contributed by atoms with van der Waals surface area (Å²) >= 11 is 0. The molecule has 12 nitrogen and oxygen atoms in total. The number of rotatable bonds is 12. The van der Waals surface area contributed by atoms with Crippen molar-refractivity contribution in [3.63, 3.8) is 0 Å². The number of amides is 3. The van der Waals surface area contributed by atoms with E-state index < -0.39 is 12.0 Å². The molecule has 4 N–H and O–H groups in total. The van der Waals surface area contributed by atoms with Crippen molar-refractivity contribution in [3.05, 3.63) is 90.1 Å². The summed E-state index contributed by atoms with van der Waals surface area (Å²) in [5.41, 5.74) is 6.62. The highest BCUT2D eigenvalue weighted by Crippen LogP contribution is 2.32. The number of likely N-dealkylation sites (tertiary alicyclic amines) is 1. The van der Waals surface area contributed by atoms with E-state index in [4.69, 9.17) is 25.3 Å². The minimum Gasteiger partial charge on any atom is -0.465 e. The Balaban J connectivity index is 1.10. The normalized spacial score (nSPS) is 16.3. The molecule has 0 unspecified atom stereocenters. The van der Waals surface area contributed by atoms with Gasteiger partial charge in [0.1, 0.15) is 22.8 Å². The van der Waals surface area contributed by atoms with Crippen LogP contribution in [0.15, 0.2) is 78.9 Å². The smallest absolute Gasteiger partial charge is 0.404 e. The van der Waals surface area contributed by atoms with E-state index in [1.807, 2.05) is 47.4 Å². The van der Waals surface area contributed by atoms with Crippen molar-refractivity contribution in [1.82, 2.24) is 25.0 Å². The Kier molecular flexibility index (Phi) is 11.2. The number of para-hydroxylation sites is 1. The van der Waals surface area contributed by atoms with E-state index in [1.165, 1.54) is 0 Å². The van der Waals surface area contributed by atoms with Crippen LogP contribution in [-0.4, -0.2) is 102 Å². The molecule has 0 bridgehead atoms. The second-order valence-electron chi connectivity index (χ2n) is 11.3. The fraction of sp³-hybridized carbons (Fsp3) is 0.353. The van der Waals surface area contributed by atoms with Crippen LogP contribution in [0.3, 0.4) is 0 Å². The summed E-state index contributed by atoms with van der Waals surface area (Å²) in [5.74, 6) is 1.50. The number of hydrogen-bond donors (Lipinski definition) is 3. The zero-order valence-corrected chi connectivity index (χ0v) is 25.7. The van der Waals surface area contributed by atoms with Crippen LogP contribution in [0.1, 0.15) is 34.8 Å². The van der Waals surface area contributed by atoms with Crippen molar-refractivity contribution in [3.8, 4) is 23.1 Å². The summed E-state index contributed by atoms with van der Waals surface area (Å²) in [4.78, 5) is 46.7. The van der Waals surface area contributed by atoms with Crippen molar-refractivity contribution < 1.29 is 29.0 Å². The third kappa shape index (κ3) is 9.29. The lowest BCUT2D eigenvalue weighted by atomic mass is 9.92. The van der Waals surface area contributed by atoms with Crippen molar-refractivity contribution in [2.45, 2.75) is 18.8 Å². The largest absolute Gasteiger partial charge is 0.465 e. The van der Waals surface area contributed by atoms with Crippen molar-refractivity contribution >= 4 is 17.9 Å². The van der Waals surface area contributed by atoms with E-state index >= 15 is 0 Å². The molecule has 12 heteroatoms. The van der Waals surface area contributed by atoms with Crippen LogP contribution < -0.4 is 20.5 Å². The lowest BCUT2D eigenvalue weighted by Gasteiger charge is -2.34. The van der Waals surface area contributed by atoms with Crippen molar-refractivity contribution in [2.24, 2.45) is 5.73 Å². The number of nitrogens with two attached hydrogens (primary N) is 1. The number of benzene rings is 2. The summed E-state index contributed by atoms with van der Waals surface area (Å²) in [6, 6.07) is 20.0. The van der Waals surface area contributed by atoms with Crippen LogP contribution >= 0.6 is 0 Å². The Morgan fingerprint density at radius 1 is 0.848 bits per heavy atom. The Morgan fingerprint density at radius 2 is 1.48 bits per heavy atom. The van der Waals surface area contributed by atoms with Crippen LogP contribution in [0.25, 0.3) is 0 Å². The maximum atomic E-state index is 12.9. The topological polar surface area (TPSA) is 151 Å². The summed E-state index contributed by atoms with van der Waals surface area (Å²) in [7, 11) is 0. The molecule has 1 aromatic heterocycles. The molecule has 0 spiro atoms. The standard InChI is InChI=1S/C34H40N6O6/c35-32(42)29-12-13-30(37-33(29)46-28-10-8-27(9-11-28)45-26-5-2-1-3-6-26)25-14-18-40(19-15-25)31(41)7-4-17-38-21-23-39(24-22-38)20-16-36-34(43)44/h1-13,25,36H,14-24H2,(H2,35,42)(H,43,44). The monoisotopic (exact) mass is 628 g/mol. The molecular formula is C34H40N6O6. The zero-order chi connectivity index (χ0) is 32.3. The Bertz CT molecular complexity index is 1500. The number of nitrogens with zero attached hydrogens (tertiary/aromatic N) is 4. The molecule has 0 saturated carbocycles. The summed E-state index contributed by atoms with van der Waals surface area (Å²) in [6.45, 7) is 6.51. The molecule has 3 heterocycles. The van der Waals surface area contributed by atoms with Gasteiger partial charge in [0, 0.05) is 76.6 Å². The van der Waals surface area contributed by atoms with Crippen molar-refractivity contribution in [2.75, 3.05) is 58.9 Å². The number of carboxylic acid groups (broad SMARTS) is 1. The fourth-order valence-electron chi connectivity index (χ4n) is 5.58. The summed E-state index contributed by atoms with van der Waals surface area (Å²) in [6.07, 6.45) is 4.06. The number of aromatic nitrogens is 1. The van der Waals surface area contributed by atoms with Crippen LogP contribution in [-0.2, 0) is 4.79 Å². The fourth-order valence-corrected chi connectivity index (χ4v) is 5.58. The number of primary amides is 1. The van der Waals surface area contributed by atoms with Gasteiger partial charge in [-0.2, -0.15) is 0 Å². The van der Waals surface area contributed by atoms with Gasteiger partial charge in [-0.1, -0.05) is 24.3 Å². The van der Waals surface area contributed by atoms with Crippen LogP contribution in [0, 0.1) is 0 Å². The van der Waals surface area contributed by atoms with Gasteiger partial charge in [0.2, 0.25) is 11.8 Å². The second kappa shape index (κ2) is 15.9. The molecule has 242 valence electrons. The predicted molar refractivity (Wildman–Crippen MR) is 172 cm³/mol. The SMILES string of the molecule is NC(=O)c1ccc(C2CCN(C(=O)C=CCN3CCN(CCNC(=O)O)CC3)CC2)nc1Oc1ccc(Oc2ccccc2)cc1. The number of carbonyl (C=O) groups is 3. The van der Waals surface area contributed by atoms with E-state index in [1.54, 1.807) is 36.4 Å². The van der Waals surface area contributed by atoms with E-state index in [0.29, 0.717) is 44.2 Å². The first kappa shape index (κ1) is 32.5. The number of nitrogens with one attached hydrogen (secondary N) is 1. The van der Waals surface area contributed by atoms with Crippen molar-refractivity contribution in [1.29, 1.82) is 0 Å². The first-order chi connectivity index (χ1) is 22.3. The van der Waals surface area contributed by atoms with E-state index in [9.17, 15) is 14.4 Å². The number of pyridine rings is 1. The minimum absolute atomic E-state index is 0.00224. The quantitative estimate of drug-likeness (QED) is 0.254. The Morgan fingerprint density at radius 3 is 2.13 bits per heavy atom. The molecule has 2 saturated heterocycles. The van der Waals surface area contributed by atoms with Gasteiger partial charge >= 0.3 is 6.09 Å².